The van der Waals surface area contributed by atoms with Gasteiger partial charge < -0.3 is 5.14 Å². The second kappa shape index (κ2) is 11.1. The standard InChI is InChI=1S/C17H13F3N3O2S.CH4BNO.Y/c1-11-2-4-12(5-3-11)15-10-16(17(18,19)20)22-23(15)13-6-8-14(9-7-13)26(21,24)25;1-2-3-4;/h2-10H,1H3,(H-,21,24,25);4H,1H3;/q-1;;. The van der Waals surface area contributed by atoms with Crippen molar-refractivity contribution in [2.75, 3.05) is 0 Å². The van der Waals surface area contributed by atoms with Crippen molar-refractivity contribution in [2.45, 2.75) is 24.8 Å². The van der Waals surface area contributed by atoms with E-state index in [0.29, 0.717) is 5.56 Å². The zero-order valence-electron chi connectivity index (χ0n) is 16.5. The summed E-state index contributed by atoms with van der Waals surface area (Å²) in [7, 11) is -2.84. The first-order valence-corrected chi connectivity index (χ1v) is 9.92. The second-order valence-electron chi connectivity index (χ2n) is 6.06. The van der Waals surface area contributed by atoms with Crippen LogP contribution >= 0.6 is 0 Å². The molecule has 0 bridgehead atoms. The van der Waals surface area contributed by atoms with Crippen LogP contribution in [0.2, 0.25) is 6.82 Å². The molecule has 31 heavy (non-hydrogen) atoms. The quantitative estimate of drug-likeness (QED) is 0.386. The summed E-state index contributed by atoms with van der Waals surface area (Å²) in [5, 5.41) is 20.7. The van der Waals surface area contributed by atoms with E-state index in [1.54, 1.807) is 31.1 Å². The van der Waals surface area contributed by atoms with Crippen LogP contribution in [0.5, 0.6) is 0 Å². The van der Waals surface area contributed by atoms with Crippen molar-refractivity contribution in [3.05, 3.63) is 71.0 Å². The molecule has 1 aromatic heterocycles. The van der Waals surface area contributed by atoms with Crippen LogP contribution in [0.1, 0.15) is 11.3 Å². The molecule has 7 nitrogen and oxygen atoms in total. The average Bonchev–Trinajstić information content (AvgIpc) is 3.14. The summed E-state index contributed by atoms with van der Waals surface area (Å²) in [6.45, 7) is 3.50. The number of hydrogen-bond donors (Lipinski definition) is 1. The molecule has 161 valence electrons. The van der Waals surface area contributed by atoms with Crippen LogP contribution < -0.4 is 0 Å². The molecule has 2 N–H and O–H groups in total. The van der Waals surface area contributed by atoms with Crippen molar-refractivity contribution >= 4 is 17.1 Å². The fourth-order valence-corrected chi connectivity index (χ4v) is 2.91. The fourth-order valence-electron chi connectivity index (χ4n) is 2.41. The number of hydrogen-bond acceptors (Lipinski definition) is 5. The zero-order valence-corrected chi connectivity index (χ0v) is 20.2. The molecule has 1 heterocycles. The van der Waals surface area contributed by atoms with E-state index in [1.165, 1.54) is 19.2 Å². The van der Waals surface area contributed by atoms with Crippen molar-refractivity contribution < 1.29 is 59.5 Å². The van der Waals surface area contributed by atoms with Gasteiger partial charge in [0.2, 0.25) is 0 Å². The molecule has 0 unspecified atom stereocenters. The minimum atomic E-state index is -4.62. The largest absolute Gasteiger partial charge is 0.560 e. The first kappa shape index (κ1) is 27.2. The first-order chi connectivity index (χ1) is 14.0. The SMILES string of the molecule is CB=NO.Cc1ccc(-c2cc(C(F)(F)F)nn2-c2ccc(S([NH-])(=O)=O)cc2)cc1.[Y]. The molecule has 0 saturated carbocycles. The Morgan fingerprint density at radius 2 is 1.61 bits per heavy atom. The maximum Gasteiger partial charge on any atom is 0.435 e. The van der Waals surface area contributed by atoms with Crippen LogP contribution in [-0.2, 0) is 48.9 Å². The van der Waals surface area contributed by atoms with Gasteiger partial charge in [-0.15, -0.1) is 0 Å². The Hall–Kier alpha value is -1.88. The molecule has 2 aromatic carbocycles. The molecular weight excluding hydrogens is 509 g/mol. The molecule has 0 aliphatic carbocycles. The van der Waals surface area contributed by atoms with Gasteiger partial charge in [0.15, 0.2) is 5.69 Å². The number of alkyl halides is 3. The number of nitrogens with zero attached hydrogens (tertiary/aromatic N) is 3. The van der Waals surface area contributed by atoms with Crippen LogP contribution in [0, 0.1) is 6.92 Å². The van der Waals surface area contributed by atoms with E-state index in [-0.39, 0.29) is 49.0 Å². The minimum Gasteiger partial charge on any atom is -0.560 e. The summed E-state index contributed by atoms with van der Waals surface area (Å²) in [5.74, 6) is 0. The Bertz CT molecular complexity index is 1130. The predicted octanol–water partition coefficient (Wildman–Crippen LogP) is 4.92. The maximum absolute atomic E-state index is 13.1. The molecule has 3 rings (SSSR count). The monoisotopic (exact) mass is 526 g/mol. The third-order valence-corrected chi connectivity index (χ3v) is 4.75. The number of aromatic nitrogens is 2. The molecular formula is C18H17BF3N4O3SY-. The van der Waals surface area contributed by atoms with Gasteiger partial charge in [0.05, 0.1) is 21.4 Å². The zero-order chi connectivity index (χ0) is 22.5. The molecule has 0 aliphatic heterocycles. The Morgan fingerprint density at radius 3 is 2.03 bits per heavy atom. The number of nitrogens with one attached hydrogen (secondary N) is 1. The van der Waals surface area contributed by atoms with E-state index in [2.05, 4.69) is 10.2 Å². The van der Waals surface area contributed by atoms with E-state index >= 15 is 0 Å². The van der Waals surface area contributed by atoms with Gasteiger partial charge in [-0.3, -0.25) is 0 Å². The van der Waals surface area contributed by atoms with Crippen LogP contribution in [0.3, 0.4) is 0 Å². The van der Waals surface area contributed by atoms with E-state index in [9.17, 15) is 21.6 Å². The van der Waals surface area contributed by atoms with Crippen molar-refractivity contribution in [1.82, 2.24) is 9.78 Å². The summed E-state index contributed by atoms with van der Waals surface area (Å²) < 4.78 is 62.9. The molecule has 1 radical (unpaired) electrons. The molecule has 0 spiro atoms. The van der Waals surface area contributed by atoms with Gasteiger partial charge in [-0.1, -0.05) is 29.8 Å². The van der Waals surface area contributed by atoms with Crippen molar-refractivity contribution in [1.29, 1.82) is 0 Å². The Labute approximate surface area is 203 Å². The summed E-state index contributed by atoms with van der Waals surface area (Å²) in [6.07, 6.45) is -4.62. The van der Waals surface area contributed by atoms with E-state index in [4.69, 9.17) is 10.3 Å². The number of halogens is 3. The van der Waals surface area contributed by atoms with Crippen LogP contribution in [-0.4, -0.2) is 30.5 Å². The van der Waals surface area contributed by atoms with Gasteiger partial charge in [-0.25, -0.2) is 13.1 Å². The average molecular weight is 526 g/mol. The third kappa shape index (κ3) is 7.34. The van der Waals surface area contributed by atoms with Crippen LogP contribution in [0.15, 0.2) is 64.6 Å². The second-order valence-corrected chi connectivity index (χ2v) is 7.54. The van der Waals surface area contributed by atoms with Crippen molar-refractivity contribution in [3.8, 4) is 16.9 Å². The van der Waals surface area contributed by atoms with E-state index in [1.807, 2.05) is 6.92 Å². The van der Waals surface area contributed by atoms with Crippen LogP contribution in [0.25, 0.3) is 22.1 Å². The molecule has 3 aromatic rings. The van der Waals surface area contributed by atoms with E-state index < -0.39 is 21.9 Å². The number of rotatable bonds is 3. The van der Waals surface area contributed by atoms with Gasteiger partial charge in [-0.05, 0) is 37.3 Å². The molecule has 0 atom stereocenters. The number of aryl methyl sites for hydroxylation is 1. The van der Waals surface area contributed by atoms with E-state index in [0.717, 1.165) is 28.4 Å². The smallest absolute Gasteiger partial charge is 0.435 e. The summed E-state index contributed by atoms with van der Waals surface area (Å²) in [5.41, 5.74) is 0.921. The summed E-state index contributed by atoms with van der Waals surface area (Å²) >= 11 is 0. The Kier molecular flexibility index (Phi) is 9.74. The molecule has 0 amide bonds. The van der Waals surface area contributed by atoms with Crippen molar-refractivity contribution in [3.63, 3.8) is 0 Å². The Balaban J connectivity index is 0.000000885. The summed E-state index contributed by atoms with van der Waals surface area (Å²) in [4.78, 5) is -0.249. The normalized spacial score (nSPS) is 11.3. The number of sulfonamides is 1. The van der Waals surface area contributed by atoms with Crippen LogP contribution in [0.4, 0.5) is 13.2 Å². The third-order valence-electron chi connectivity index (χ3n) is 3.85. The first-order valence-electron chi connectivity index (χ1n) is 8.43. The summed E-state index contributed by atoms with van der Waals surface area (Å²) in [6, 6.07) is 12.8. The maximum atomic E-state index is 13.1. The molecule has 0 saturated heterocycles. The molecule has 0 fully saturated rings. The fraction of sp³-hybridized carbons (Fsp3) is 0.167. The van der Waals surface area contributed by atoms with Gasteiger partial charge in [0, 0.05) is 43.2 Å². The van der Waals surface area contributed by atoms with Gasteiger partial charge in [0.25, 0.3) is 0 Å². The number of benzene rings is 2. The predicted molar refractivity (Wildman–Crippen MR) is 106 cm³/mol. The van der Waals surface area contributed by atoms with Crippen molar-refractivity contribution in [2.24, 2.45) is 5.06 Å². The van der Waals surface area contributed by atoms with Gasteiger partial charge in [0.1, 0.15) is 0 Å². The molecule has 0 aliphatic rings. The molecule has 13 heteroatoms. The Morgan fingerprint density at radius 1 is 1.10 bits per heavy atom. The van der Waals surface area contributed by atoms with Gasteiger partial charge >= 0.3 is 30.3 Å². The minimum absolute atomic E-state index is 0. The van der Waals surface area contributed by atoms with Gasteiger partial charge in [-0.2, -0.15) is 18.3 Å². The topological polar surface area (TPSA) is 108 Å².